The fourth-order valence-electron chi connectivity index (χ4n) is 11.0. The number of thiazole rings is 1. The fourth-order valence-corrected chi connectivity index (χ4v) is 11.5. The molecule has 0 radical (unpaired) electrons. The molecule has 0 bridgehead atoms. The molecule has 0 saturated carbocycles. The highest BCUT2D eigenvalue weighted by molar-refractivity contribution is 7.13. The van der Waals surface area contributed by atoms with Crippen LogP contribution in [0.3, 0.4) is 0 Å². The van der Waals surface area contributed by atoms with Crippen LogP contribution in [0.15, 0.2) is 72.8 Å². The van der Waals surface area contributed by atoms with Crippen molar-refractivity contribution >= 4 is 73.7 Å². The Hall–Kier alpha value is -7.20. The summed E-state index contributed by atoms with van der Waals surface area (Å²) in [6.07, 6.45) is 8.60. The summed E-state index contributed by atoms with van der Waals surface area (Å²) in [4.78, 5) is 71.6. The zero-order valence-electron chi connectivity index (χ0n) is 39.3. The van der Waals surface area contributed by atoms with Gasteiger partial charge in [0.2, 0.25) is 11.8 Å². The number of fused-ring (bicyclic) bond motifs is 3. The number of aryl methyl sites for hydroxylation is 2. The van der Waals surface area contributed by atoms with Crippen LogP contribution in [0.4, 0.5) is 34.7 Å². The number of carbonyl (C=O) groups is 4. The monoisotopic (exact) mass is 992 g/mol. The molecule has 10 heterocycles. The molecule has 5 amide bonds. The summed E-state index contributed by atoms with van der Waals surface area (Å²) in [7, 11) is 1.68. The number of hydrogen-bond donors (Lipinski definition) is 2. The number of rotatable bonds is 10. The molecule has 4 fully saturated rings. The van der Waals surface area contributed by atoms with Crippen molar-refractivity contribution < 1.29 is 35.2 Å². The quantitative estimate of drug-likeness (QED) is 0.149. The number of urea groups is 1. The Kier molecular flexibility index (Phi) is 11.6. The molecule has 1 spiro atoms. The summed E-state index contributed by atoms with van der Waals surface area (Å²) >= 11 is 1.30. The molecule has 0 aliphatic carbocycles. The highest BCUT2D eigenvalue weighted by Crippen LogP contribution is 2.44. The molecule has 2 atom stereocenters. The maximum atomic E-state index is 16.4. The molecule has 5 aromatic heterocycles. The van der Waals surface area contributed by atoms with Crippen LogP contribution in [0.1, 0.15) is 64.9 Å². The molecule has 2 aromatic carbocycles. The van der Waals surface area contributed by atoms with Crippen LogP contribution in [0.2, 0.25) is 0 Å². The topological polar surface area (TPSA) is 185 Å². The molecule has 5 aliphatic heterocycles. The van der Waals surface area contributed by atoms with Crippen molar-refractivity contribution in [3.63, 3.8) is 0 Å². The molecule has 12 rings (SSSR count). The Balaban J connectivity index is 0.00000162. The predicted octanol–water partition coefficient (Wildman–Crippen LogP) is 6.69. The standard InChI is InChI=1S/C47H45F3N14O4S.C2H6.2H2/c1-58-34-17-27(4-8-31(34)42(57-58)63-15-11-36(65)54-45(63)68)32-10-14-60(25-47(32,49)50)37(66)20-59-21-46(22-59)23-62(24-46)35-9-6-28(18-52-35)30-7-5-29-19-64(56-39(29)38(30)48)41(43(67)55-44-51-12-16-69-44)40-33-3-2-13-61(33)26-53-40;1-2;;/h4-9,12,16-19,26,32,41H,2-3,10-11,13-15,20-25H2,1H3,(H,51,55,67)(H,54,65,68);1-2H3;2*1H. The number of hydrogen-bond acceptors (Lipinski definition) is 12. The van der Waals surface area contributed by atoms with E-state index in [4.69, 9.17) is 0 Å². The molecule has 2 unspecified atom stereocenters. The molecular weight excluding hydrogens is 938 g/mol. The number of amides is 5. The number of carbonyl (C=O) groups excluding carboxylic acids is 4. The van der Waals surface area contributed by atoms with Crippen molar-refractivity contribution in [2.75, 3.05) is 67.5 Å². The molecular formula is C49H55F3N14O4S. The maximum absolute atomic E-state index is 16.4. The molecule has 4 saturated heterocycles. The third kappa shape index (κ3) is 8.24. The average Bonchev–Trinajstić information content (AvgIpc) is 4.20. The highest BCUT2D eigenvalue weighted by Gasteiger charge is 2.53. The lowest BCUT2D eigenvalue weighted by Crippen LogP contribution is -2.73. The van der Waals surface area contributed by atoms with Crippen LogP contribution >= 0.6 is 11.3 Å². The summed E-state index contributed by atoms with van der Waals surface area (Å²) in [6, 6.07) is 10.7. The van der Waals surface area contributed by atoms with Gasteiger partial charge >= 0.3 is 6.03 Å². The smallest absolute Gasteiger partial charge is 0.329 e. The van der Waals surface area contributed by atoms with E-state index in [1.807, 2.05) is 35.4 Å². The molecule has 22 heteroatoms. The minimum absolute atomic E-state index is 0. The largest absolute Gasteiger partial charge is 0.355 e. The maximum Gasteiger partial charge on any atom is 0.329 e. The number of aromatic nitrogens is 8. The number of piperidine rings is 1. The number of imidazole rings is 1. The van der Waals surface area contributed by atoms with Gasteiger partial charge in [-0.25, -0.2) is 32.9 Å². The van der Waals surface area contributed by atoms with Gasteiger partial charge in [-0.2, -0.15) is 10.2 Å². The SMILES string of the molecule is CC.Cn1nc(N2CCC(=O)NC2=O)c2ccc(C3CCN(C(=O)CN4CC5(C4)CN(c4ccc(-c6ccc7cn(C(C(=O)Nc8nccs8)c8ncn9c8CCC9)nc7c6F)cn4)C5)CC3(F)F)cc21.[HH].[HH]. The summed E-state index contributed by atoms with van der Waals surface area (Å²) < 4.78 is 53.2. The first-order valence-electron chi connectivity index (χ1n) is 23.9. The number of pyridine rings is 1. The van der Waals surface area contributed by atoms with E-state index >= 15 is 13.2 Å². The Morgan fingerprint density at radius 2 is 1.80 bits per heavy atom. The number of nitrogens with one attached hydrogen (secondary N) is 2. The Morgan fingerprint density at radius 3 is 2.55 bits per heavy atom. The third-order valence-corrected chi connectivity index (χ3v) is 15.0. The molecule has 372 valence electrons. The second-order valence-corrected chi connectivity index (χ2v) is 19.8. The van der Waals surface area contributed by atoms with Gasteiger partial charge in [0, 0.05) is 119 Å². The van der Waals surface area contributed by atoms with E-state index < -0.39 is 36.3 Å². The van der Waals surface area contributed by atoms with Crippen LogP contribution in [0.25, 0.3) is 32.9 Å². The lowest BCUT2D eigenvalue weighted by molar-refractivity contribution is -0.149. The lowest BCUT2D eigenvalue weighted by Gasteiger charge is -2.60. The number of nitrogens with zero attached hydrogens (tertiary/aromatic N) is 12. The van der Waals surface area contributed by atoms with E-state index in [0.717, 1.165) is 44.0 Å². The zero-order chi connectivity index (χ0) is 49.3. The van der Waals surface area contributed by atoms with Gasteiger partial charge in [-0.15, -0.1) is 11.3 Å². The fraction of sp³-hybridized carbons (Fsp3) is 0.408. The van der Waals surface area contributed by atoms with E-state index in [0.29, 0.717) is 62.7 Å². The Labute approximate surface area is 412 Å². The van der Waals surface area contributed by atoms with Crippen LogP contribution in [0.5, 0.6) is 0 Å². The van der Waals surface area contributed by atoms with E-state index in [9.17, 15) is 19.2 Å². The van der Waals surface area contributed by atoms with Gasteiger partial charge in [0.1, 0.15) is 11.3 Å². The third-order valence-electron chi connectivity index (χ3n) is 14.3. The molecule has 7 aromatic rings. The Morgan fingerprint density at radius 1 is 0.972 bits per heavy atom. The number of anilines is 3. The second-order valence-electron chi connectivity index (χ2n) is 18.9. The number of imide groups is 1. The van der Waals surface area contributed by atoms with E-state index in [1.165, 1.54) is 25.8 Å². The van der Waals surface area contributed by atoms with Gasteiger partial charge in [0.15, 0.2) is 22.8 Å². The summed E-state index contributed by atoms with van der Waals surface area (Å²) in [5, 5.41) is 17.6. The molecule has 18 nitrogen and oxygen atoms in total. The minimum Gasteiger partial charge on any atom is -0.355 e. The average molecular weight is 993 g/mol. The van der Waals surface area contributed by atoms with Crippen LogP contribution < -0.4 is 20.4 Å². The van der Waals surface area contributed by atoms with E-state index in [1.54, 1.807) is 72.4 Å². The minimum atomic E-state index is -3.17. The zero-order valence-corrected chi connectivity index (χ0v) is 40.1. The van der Waals surface area contributed by atoms with Crippen LogP contribution in [-0.2, 0) is 34.4 Å². The van der Waals surface area contributed by atoms with Crippen molar-refractivity contribution in [1.82, 2.24) is 54.2 Å². The normalized spacial score (nSPS) is 19.8. The molecule has 71 heavy (non-hydrogen) atoms. The van der Waals surface area contributed by atoms with Crippen LogP contribution in [0, 0.1) is 11.2 Å². The van der Waals surface area contributed by atoms with Crippen molar-refractivity contribution in [1.29, 1.82) is 0 Å². The summed E-state index contributed by atoms with van der Waals surface area (Å²) in [5.41, 5.74) is 3.55. The Bertz CT molecular complexity index is 3220. The number of halogens is 3. The summed E-state index contributed by atoms with van der Waals surface area (Å²) in [6.45, 7) is 7.34. The van der Waals surface area contributed by atoms with Gasteiger partial charge in [-0.3, -0.25) is 44.2 Å². The first-order chi connectivity index (χ1) is 34.3. The first-order valence-corrected chi connectivity index (χ1v) is 24.8. The highest BCUT2D eigenvalue weighted by atomic mass is 32.1. The van der Waals surface area contributed by atoms with Crippen molar-refractivity contribution in [3.05, 3.63) is 95.5 Å². The van der Waals surface area contributed by atoms with Crippen molar-refractivity contribution in [3.8, 4) is 11.1 Å². The first kappa shape index (κ1) is 46.2. The van der Waals surface area contributed by atoms with E-state index in [2.05, 4.69) is 40.7 Å². The second kappa shape index (κ2) is 17.9. The predicted molar refractivity (Wildman–Crippen MR) is 264 cm³/mol. The summed E-state index contributed by atoms with van der Waals surface area (Å²) in [5.74, 6) is -4.76. The van der Waals surface area contributed by atoms with Gasteiger partial charge in [-0.05, 0) is 49.1 Å². The van der Waals surface area contributed by atoms with Gasteiger partial charge in [-0.1, -0.05) is 32.0 Å². The molecule has 2 N–H and O–H groups in total. The molecule has 5 aliphatic rings. The van der Waals surface area contributed by atoms with Gasteiger partial charge < -0.3 is 14.4 Å². The van der Waals surface area contributed by atoms with Crippen molar-refractivity contribution in [2.45, 2.75) is 64.0 Å². The number of likely N-dealkylation sites (tertiary alicyclic amines) is 2. The lowest BCUT2D eigenvalue weighted by atomic mass is 9.73. The number of alkyl halides is 2. The van der Waals surface area contributed by atoms with E-state index in [-0.39, 0.29) is 64.0 Å². The van der Waals surface area contributed by atoms with Crippen molar-refractivity contribution in [2.24, 2.45) is 12.5 Å². The van der Waals surface area contributed by atoms with Crippen LogP contribution in [-0.4, -0.2) is 131 Å². The van der Waals surface area contributed by atoms with Gasteiger partial charge in [0.25, 0.3) is 11.8 Å². The number of benzene rings is 2. The van der Waals surface area contributed by atoms with Gasteiger partial charge in [0.05, 0.1) is 36.5 Å².